The Morgan fingerprint density at radius 3 is 2.45 bits per heavy atom. The third kappa shape index (κ3) is 1.64. The van der Waals surface area contributed by atoms with Crippen molar-refractivity contribution in [3.8, 4) is 0 Å². The molecule has 1 saturated heterocycles. The molecule has 1 unspecified atom stereocenters. The molecule has 1 heterocycles. The molecule has 0 N–H and O–H groups in total. The molecule has 11 heavy (non-hydrogen) atoms. The van der Waals surface area contributed by atoms with Crippen molar-refractivity contribution in [2.24, 2.45) is 0 Å². The van der Waals surface area contributed by atoms with E-state index in [1.165, 1.54) is 6.41 Å². The lowest BCUT2D eigenvalue weighted by molar-refractivity contribution is -0.167. The number of halogens is 3. The van der Waals surface area contributed by atoms with Crippen LogP contribution in [-0.4, -0.2) is 30.1 Å². The second-order valence-electron chi connectivity index (χ2n) is 2.48. The average Bonchev–Trinajstić information content (AvgIpc) is 2.31. The molecule has 0 aromatic rings. The van der Waals surface area contributed by atoms with Crippen LogP contribution in [0.3, 0.4) is 0 Å². The zero-order valence-corrected chi connectivity index (χ0v) is 5.69. The van der Waals surface area contributed by atoms with Gasteiger partial charge in [0.1, 0.15) is 6.04 Å². The van der Waals surface area contributed by atoms with E-state index in [-0.39, 0.29) is 13.0 Å². The van der Waals surface area contributed by atoms with Gasteiger partial charge in [-0.1, -0.05) is 0 Å². The largest absolute Gasteiger partial charge is 0.408 e. The summed E-state index contributed by atoms with van der Waals surface area (Å²) in [5.41, 5.74) is 0. The molecule has 0 aromatic heterocycles. The summed E-state index contributed by atoms with van der Waals surface area (Å²) in [7, 11) is 0. The Balaban J connectivity index is 2.63. The van der Waals surface area contributed by atoms with E-state index in [2.05, 4.69) is 0 Å². The van der Waals surface area contributed by atoms with Gasteiger partial charge in [-0.3, -0.25) is 4.79 Å². The molecule has 0 aliphatic carbocycles. The molecule has 5 heteroatoms. The highest BCUT2D eigenvalue weighted by molar-refractivity contribution is 5.49. The van der Waals surface area contributed by atoms with Gasteiger partial charge in [0, 0.05) is 6.54 Å². The zero-order valence-electron chi connectivity index (χ0n) is 5.69. The first-order valence-electron chi connectivity index (χ1n) is 3.27. The molecular weight excluding hydrogens is 159 g/mol. The zero-order chi connectivity index (χ0) is 8.48. The van der Waals surface area contributed by atoms with Gasteiger partial charge in [0.15, 0.2) is 0 Å². The predicted molar refractivity (Wildman–Crippen MR) is 31.5 cm³/mol. The van der Waals surface area contributed by atoms with Crippen LogP contribution in [0.5, 0.6) is 0 Å². The Morgan fingerprint density at radius 2 is 2.09 bits per heavy atom. The molecular formula is C6H7F3NO. The van der Waals surface area contributed by atoms with Crippen LogP contribution < -0.4 is 0 Å². The van der Waals surface area contributed by atoms with Crippen molar-refractivity contribution in [2.45, 2.75) is 25.1 Å². The van der Waals surface area contributed by atoms with Crippen LogP contribution in [-0.2, 0) is 4.79 Å². The topological polar surface area (TPSA) is 20.3 Å². The van der Waals surface area contributed by atoms with Gasteiger partial charge in [-0.15, -0.1) is 0 Å². The van der Waals surface area contributed by atoms with Crippen LogP contribution in [0.2, 0.25) is 0 Å². The molecule has 1 aliphatic rings. The van der Waals surface area contributed by atoms with Crippen molar-refractivity contribution in [3.63, 3.8) is 0 Å². The first kappa shape index (κ1) is 8.36. The molecule has 1 amide bonds. The van der Waals surface area contributed by atoms with Gasteiger partial charge in [0.25, 0.3) is 0 Å². The van der Waals surface area contributed by atoms with Gasteiger partial charge in [0.05, 0.1) is 0 Å². The summed E-state index contributed by atoms with van der Waals surface area (Å²) in [6.45, 7) is 0.174. The number of alkyl halides is 3. The first-order valence-corrected chi connectivity index (χ1v) is 3.27. The molecule has 1 aliphatic heterocycles. The number of likely N-dealkylation sites (tertiary alicyclic amines) is 1. The summed E-state index contributed by atoms with van der Waals surface area (Å²) in [4.78, 5) is 10.6. The predicted octanol–water partition coefficient (Wildman–Crippen LogP) is 1.08. The minimum atomic E-state index is -4.28. The van der Waals surface area contributed by atoms with E-state index in [4.69, 9.17) is 0 Å². The molecule has 0 aromatic carbocycles. The summed E-state index contributed by atoms with van der Waals surface area (Å²) in [6.07, 6.45) is -2.57. The second kappa shape index (κ2) is 2.71. The highest BCUT2D eigenvalue weighted by atomic mass is 19.4. The van der Waals surface area contributed by atoms with Crippen LogP contribution in [0.4, 0.5) is 13.2 Å². The van der Waals surface area contributed by atoms with Crippen LogP contribution in [0.25, 0.3) is 0 Å². The Labute approximate surface area is 62.0 Å². The smallest absolute Gasteiger partial charge is 0.322 e. The van der Waals surface area contributed by atoms with Gasteiger partial charge in [0.2, 0.25) is 0 Å². The monoisotopic (exact) mass is 166 g/mol. The van der Waals surface area contributed by atoms with Crippen molar-refractivity contribution in [3.05, 3.63) is 0 Å². The highest BCUT2D eigenvalue weighted by Crippen LogP contribution is 2.31. The van der Waals surface area contributed by atoms with Gasteiger partial charge < -0.3 is 4.90 Å². The Bertz CT molecular complexity index is 156. The molecule has 1 fully saturated rings. The number of hydrogen-bond donors (Lipinski definition) is 0. The minimum Gasteiger partial charge on any atom is -0.322 e. The second-order valence-corrected chi connectivity index (χ2v) is 2.48. The van der Waals surface area contributed by atoms with Crippen LogP contribution in [0, 0.1) is 0 Å². The molecule has 1 radical (unpaired) electrons. The molecule has 1 atom stereocenters. The minimum absolute atomic E-state index is 0.0126. The van der Waals surface area contributed by atoms with Gasteiger partial charge in [-0.25, -0.2) is 0 Å². The lowest BCUT2D eigenvalue weighted by atomic mass is 10.2. The van der Waals surface area contributed by atoms with Crippen molar-refractivity contribution in [1.29, 1.82) is 0 Å². The number of hydrogen-bond acceptors (Lipinski definition) is 1. The molecule has 0 bridgehead atoms. The normalized spacial score (nSPS) is 25.7. The SMILES string of the molecule is O=[C]N1CCCC1C(F)(F)F. The fourth-order valence-electron chi connectivity index (χ4n) is 1.22. The lowest BCUT2D eigenvalue weighted by Crippen LogP contribution is -2.40. The molecule has 2 nitrogen and oxygen atoms in total. The van der Waals surface area contributed by atoms with Crippen molar-refractivity contribution in [2.75, 3.05) is 6.54 Å². The summed E-state index contributed by atoms with van der Waals surface area (Å²) in [6, 6.07) is -1.60. The Hall–Kier alpha value is -0.740. The fourth-order valence-corrected chi connectivity index (χ4v) is 1.22. The summed E-state index contributed by atoms with van der Waals surface area (Å²) in [5, 5.41) is 0. The molecule has 0 saturated carbocycles. The number of carbonyl (C=O) groups excluding carboxylic acids is 1. The fraction of sp³-hybridized carbons (Fsp3) is 0.833. The van der Waals surface area contributed by atoms with E-state index in [9.17, 15) is 18.0 Å². The maximum atomic E-state index is 12.0. The van der Waals surface area contributed by atoms with Crippen molar-refractivity contribution < 1.29 is 18.0 Å². The maximum Gasteiger partial charge on any atom is 0.408 e. The van der Waals surface area contributed by atoms with Crippen molar-refractivity contribution in [1.82, 2.24) is 4.90 Å². The number of amides is 1. The van der Waals surface area contributed by atoms with Crippen molar-refractivity contribution >= 4 is 6.41 Å². The van der Waals surface area contributed by atoms with E-state index in [1.807, 2.05) is 0 Å². The van der Waals surface area contributed by atoms with Gasteiger partial charge in [-0.05, 0) is 12.8 Å². The third-order valence-corrected chi connectivity index (χ3v) is 1.75. The van der Waals surface area contributed by atoms with E-state index in [0.717, 1.165) is 0 Å². The summed E-state index contributed by atoms with van der Waals surface area (Å²) < 4.78 is 35.9. The van der Waals surface area contributed by atoms with E-state index >= 15 is 0 Å². The number of nitrogens with zero attached hydrogens (tertiary/aromatic N) is 1. The van der Waals surface area contributed by atoms with E-state index in [0.29, 0.717) is 11.3 Å². The molecule has 63 valence electrons. The quantitative estimate of drug-likeness (QED) is 0.570. The molecule has 0 spiro atoms. The van der Waals surface area contributed by atoms with Crippen LogP contribution in [0.15, 0.2) is 0 Å². The first-order chi connectivity index (χ1) is 5.05. The van der Waals surface area contributed by atoms with Gasteiger partial charge in [-0.2, -0.15) is 13.2 Å². The van der Waals surface area contributed by atoms with Crippen LogP contribution in [0.1, 0.15) is 12.8 Å². The number of rotatable bonds is 1. The lowest BCUT2D eigenvalue weighted by Gasteiger charge is -2.21. The summed E-state index contributed by atoms with van der Waals surface area (Å²) in [5.74, 6) is 0. The van der Waals surface area contributed by atoms with Gasteiger partial charge >= 0.3 is 12.6 Å². The highest BCUT2D eigenvalue weighted by Gasteiger charge is 2.45. The Morgan fingerprint density at radius 1 is 1.45 bits per heavy atom. The summed E-state index contributed by atoms with van der Waals surface area (Å²) >= 11 is 0. The van der Waals surface area contributed by atoms with E-state index in [1.54, 1.807) is 0 Å². The van der Waals surface area contributed by atoms with Crippen LogP contribution >= 0.6 is 0 Å². The Kier molecular flexibility index (Phi) is 2.06. The van der Waals surface area contributed by atoms with E-state index < -0.39 is 12.2 Å². The standard InChI is InChI=1S/C6H7F3NO/c7-6(8,9)5-2-1-3-10(5)4-11/h5H,1-3H2. The third-order valence-electron chi connectivity index (χ3n) is 1.75. The maximum absolute atomic E-state index is 12.0. The molecule has 1 rings (SSSR count). The average molecular weight is 166 g/mol.